The first-order valence-electron chi connectivity index (χ1n) is 5.06. The average molecular weight is 317 g/mol. The largest absolute Gasteiger partial charge is 0.222 e. The molecule has 0 fully saturated rings. The molecular formula is C12H10Cl2N2S2. The van der Waals surface area contributed by atoms with Crippen LogP contribution in [0.2, 0.25) is 10.0 Å². The summed E-state index contributed by atoms with van der Waals surface area (Å²) >= 11 is 15.2. The topological polar surface area (TPSA) is 25.8 Å². The third-order valence-corrected chi connectivity index (χ3v) is 4.07. The quantitative estimate of drug-likeness (QED) is 0.594. The van der Waals surface area contributed by atoms with Crippen molar-refractivity contribution in [3.05, 3.63) is 34.3 Å². The number of thioether (sulfide) groups is 2. The van der Waals surface area contributed by atoms with Crippen molar-refractivity contribution in [2.45, 2.75) is 10.1 Å². The molecule has 0 aliphatic heterocycles. The van der Waals surface area contributed by atoms with Crippen molar-refractivity contribution in [1.82, 2.24) is 9.97 Å². The number of rotatable bonds is 3. The van der Waals surface area contributed by atoms with Gasteiger partial charge in [-0.05, 0) is 30.7 Å². The second kappa shape index (κ2) is 6.15. The van der Waals surface area contributed by atoms with E-state index in [9.17, 15) is 0 Å². The first-order chi connectivity index (χ1) is 8.63. The van der Waals surface area contributed by atoms with Crippen LogP contribution in [0.3, 0.4) is 0 Å². The van der Waals surface area contributed by atoms with Gasteiger partial charge < -0.3 is 0 Å². The number of hydrogen-bond donors (Lipinski definition) is 0. The molecule has 0 bridgehead atoms. The zero-order valence-corrected chi connectivity index (χ0v) is 12.9. The van der Waals surface area contributed by atoms with Crippen molar-refractivity contribution in [1.29, 1.82) is 0 Å². The first kappa shape index (κ1) is 14.0. The van der Waals surface area contributed by atoms with E-state index >= 15 is 0 Å². The molecule has 0 radical (unpaired) electrons. The average Bonchev–Trinajstić information content (AvgIpc) is 2.38. The van der Waals surface area contributed by atoms with E-state index in [1.54, 1.807) is 35.7 Å². The van der Waals surface area contributed by atoms with Gasteiger partial charge in [-0.3, -0.25) is 0 Å². The van der Waals surface area contributed by atoms with E-state index < -0.39 is 0 Å². The summed E-state index contributed by atoms with van der Waals surface area (Å²) in [5.41, 5.74) is 0.798. The van der Waals surface area contributed by atoms with Crippen LogP contribution < -0.4 is 0 Å². The predicted octanol–water partition coefficient (Wildman–Crippen LogP) is 4.89. The van der Waals surface area contributed by atoms with Gasteiger partial charge in [0, 0.05) is 16.7 Å². The Kier molecular flexibility index (Phi) is 4.78. The summed E-state index contributed by atoms with van der Waals surface area (Å²) in [7, 11) is 0. The van der Waals surface area contributed by atoms with E-state index in [2.05, 4.69) is 9.97 Å². The molecule has 1 heterocycles. The molecule has 0 N–H and O–H groups in total. The number of hydrogen-bond acceptors (Lipinski definition) is 4. The van der Waals surface area contributed by atoms with E-state index in [4.69, 9.17) is 23.2 Å². The van der Waals surface area contributed by atoms with Gasteiger partial charge in [0.05, 0.1) is 5.02 Å². The fourth-order valence-electron chi connectivity index (χ4n) is 1.40. The smallest absolute Gasteiger partial charge is 0.163 e. The summed E-state index contributed by atoms with van der Waals surface area (Å²) in [6, 6.07) is 7.29. The maximum absolute atomic E-state index is 6.18. The Balaban J connectivity index is 2.55. The van der Waals surface area contributed by atoms with Gasteiger partial charge in [0.25, 0.3) is 0 Å². The molecule has 0 amide bonds. The van der Waals surface area contributed by atoms with Crippen LogP contribution in [0.4, 0.5) is 0 Å². The molecule has 0 atom stereocenters. The van der Waals surface area contributed by atoms with Crippen LogP contribution in [0.5, 0.6) is 0 Å². The normalized spacial score (nSPS) is 10.7. The summed E-state index contributed by atoms with van der Waals surface area (Å²) in [6.07, 6.45) is 3.97. The van der Waals surface area contributed by atoms with Gasteiger partial charge in [0.2, 0.25) is 0 Å². The van der Waals surface area contributed by atoms with Crippen molar-refractivity contribution in [3.63, 3.8) is 0 Å². The van der Waals surface area contributed by atoms with Gasteiger partial charge in [-0.1, -0.05) is 23.2 Å². The molecule has 2 nitrogen and oxygen atoms in total. The fourth-order valence-corrected chi connectivity index (χ4v) is 2.79. The standard InChI is InChI=1S/C12H10Cl2N2S2/c1-17-10-6-11(18-2)16-12(15-10)8-4-3-7(13)5-9(8)14/h3-6H,1-2H3. The first-order valence-corrected chi connectivity index (χ1v) is 8.27. The Labute approximate surface area is 125 Å². The Bertz CT molecular complexity index is 554. The summed E-state index contributed by atoms with van der Waals surface area (Å²) in [6.45, 7) is 0. The lowest BCUT2D eigenvalue weighted by molar-refractivity contribution is 0.978. The highest BCUT2D eigenvalue weighted by atomic mass is 35.5. The van der Waals surface area contributed by atoms with E-state index in [0.717, 1.165) is 15.6 Å². The van der Waals surface area contributed by atoms with Crippen LogP contribution in [0.25, 0.3) is 11.4 Å². The lowest BCUT2D eigenvalue weighted by Gasteiger charge is -2.07. The Morgan fingerprint density at radius 1 is 0.944 bits per heavy atom. The van der Waals surface area contributed by atoms with Crippen LogP contribution in [-0.4, -0.2) is 22.5 Å². The highest BCUT2D eigenvalue weighted by molar-refractivity contribution is 7.99. The van der Waals surface area contributed by atoms with Gasteiger partial charge in [-0.15, -0.1) is 23.5 Å². The van der Waals surface area contributed by atoms with E-state index in [-0.39, 0.29) is 0 Å². The predicted molar refractivity (Wildman–Crippen MR) is 81.1 cm³/mol. The van der Waals surface area contributed by atoms with Crippen molar-refractivity contribution >= 4 is 46.7 Å². The minimum Gasteiger partial charge on any atom is -0.222 e. The zero-order valence-electron chi connectivity index (χ0n) is 9.78. The molecule has 2 aromatic rings. The molecule has 0 saturated heterocycles. The van der Waals surface area contributed by atoms with Gasteiger partial charge in [0.15, 0.2) is 5.82 Å². The Morgan fingerprint density at radius 3 is 2.06 bits per heavy atom. The molecular weight excluding hydrogens is 307 g/mol. The van der Waals surface area contributed by atoms with Crippen LogP contribution in [-0.2, 0) is 0 Å². The third kappa shape index (κ3) is 3.12. The molecule has 0 saturated carbocycles. The summed E-state index contributed by atoms with van der Waals surface area (Å²) in [5.74, 6) is 0.632. The van der Waals surface area contributed by atoms with Crippen LogP contribution >= 0.6 is 46.7 Å². The highest BCUT2D eigenvalue weighted by Crippen LogP contribution is 2.30. The molecule has 2 rings (SSSR count). The minimum atomic E-state index is 0.563. The zero-order chi connectivity index (χ0) is 13.1. The number of halogens is 2. The molecule has 0 aliphatic rings. The van der Waals surface area contributed by atoms with Crippen LogP contribution in [0.15, 0.2) is 34.3 Å². The number of benzene rings is 1. The molecule has 0 unspecified atom stereocenters. The number of aromatic nitrogens is 2. The van der Waals surface area contributed by atoms with Crippen LogP contribution in [0, 0.1) is 0 Å². The Hall–Kier alpha value is -0.420. The molecule has 6 heteroatoms. The fraction of sp³-hybridized carbons (Fsp3) is 0.167. The molecule has 94 valence electrons. The van der Waals surface area contributed by atoms with Crippen molar-refractivity contribution in [2.24, 2.45) is 0 Å². The van der Waals surface area contributed by atoms with E-state index in [0.29, 0.717) is 15.9 Å². The minimum absolute atomic E-state index is 0.563. The van der Waals surface area contributed by atoms with Crippen molar-refractivity contribution in [2.75, 3.05) is 12.5 Å². The summed E-state index contributed by atoms with van der Waals surface area (Å²) < 4.78 is 0. The molecule has 18 heavy (non-hydrogen) atoms. The monoisotopic (exact) mass is 316 g/mol. The highest BCUT2D eigenvalue weighted by Gasteiger charge is 2.10. The Morgan fingerprint density at radius 2 is 1.56 bits per heavy atom. The summed E-state index contributed by atoms with van der Waals surface area (Å²) in [4.78, 5) is 8.94. The van der Waals surface area contributed by atoms with Crippen molar-refractivity contribution < 1.29 is 0 Å². The SMILES string of the molecule is CSc1cc(SC)nc(-c2ccc(Cl)cc2Cl)n1. The van der Waals surface area contributed by atoms with Crippen LogP contribution in [0.1, 0.15) is 0 Å². The van der Waals surface area contributed by atoms with Gasteiger partial charge in [-0.2, -0.15) is 0 Å². The molecule has 1 aromatic heterocycles. The lowest BCUT2D eigenvalue weighted by atomic mass is 10.2. The van der Waals surface area contributed by atoms with Crippen molar-refractivity contribution in [3.8, 4) is 11.4 Å². The van der Waals surface area contributed by atoms with Gasteiger partial charge >= 0.3 is 0 Å². The summed E-state index contributed by atoms with van der Waals surface area (Å²) in [5, 5.41) is 3.02. The number of nitrogens with zero attached hydrogens (tertiary/aromatic N) is 2. The van der Waals surface area contributed by atoms with E-state index in [1.165, 1.54) is 0 Å². The molecule has 0 aliphatic carbocycles. The van der Waals surface area contributed by atoms with Gasteiger partial charge in [0.1, 0.15) is 10.1 Å². The maximum atomic E-state index is 6.18. The van der Waals surface area contributed by atoms with E-state index in [1.807, 2.05) is 24.6 Å². The third-order valence-electron chi connectivity index (χ3n) is 2.27. The molecule has 1 aromatic carbocycles. The lowest BCUT2D eigenvalue weighted by Crippen LogP contribution is -1.93. The second-order valence-corrected chi connectivity index (χ2v) is 5.90. The second-order valence-electron chi connectivity index (χ2n) is 3.40. The van der Waals surface area contributed by atoms with Gasteiger partial charge in [-0.25, -0.2) is 9.97 Å². The molecule has 0 spiro atoms. The maximum Gasteiger partial charge on any atom is 0.163 e.